The predicted molar refractivity (Wildman–Crippen MR) is 122 cm³/mol. The smallest absolute Gasteiger partial charge is 0.322 e. The molecule has 2 unspecified atom stereocenters. The van der Waals surface area contributed by atoms with E-state index in [1.54, 1.807) is 18.2 Å². The van der Waals surface area contributed by atoms with Crippen LogP contribution in [0.2, 0.25) is 0 Å². The first-order chi connectivity index (χ1) is 15.1. The third-order valence-electron chi connectivity index (χ3n) is 6.37. The van der Waals surface area contributed by atoms with Crippen molar-refractivity contribution in [3.63, 3.8) is 0 Å². The number of benzene rings is 3. The summed E-state index contributed by atoms with van der Waals surface area (Å²) >= 11 is 0. The number of fused-ring (bicyclic) bond motifs is 1. The highest BCUT2D eigenvalue weighted by Crippen LogP contribution is 2.39. The summed E-state index contributed by atoms with van der Waals surface area (Å²) in [5, 5.41) is 0. The molecule has 2 atom stereocenters. The quantitative estimate of drug-likeness (QED) is 0.292. The summed E-state index contributed by atoms with van der Waals surface area (Å²) < 4.78 is 5.49. The number of ketones is 1. The summed E-state index contributed by atoms with van der Waals surface area (Å²) in [6.07, 6.45) is 4.85. The fourth-order valence-electron chi connectivity index (χ4n) is 4.65. The van der Waals surface area contributed by atoms with Crippen molar-refractivity contribution in [1.29, 1.82) is 0 Å². The fraction of sp³-hybridized carbons (Fsp3) is 0.214. The standard InChI is InChI=1S/C28H24O3/c1-18-9-11-19(12-10-18)20-13-15-21(16-14-20)22-5-4-6-23(17-22)26-27(29)24-7-2-3-8-25(24)31-28(26)30/h2-3,7-17,23,26H,4-6H2,1H3. The number of para-hydroxylation sites is 1. The Labute approximate surface area is 182 Å². The predicted octanol–water partition coefficient (Wildman–Crippen LogP) is 6.26. The number of carbonyl (C=O) groups excluding carboxylic acids is 2. The van der Waals surface area contributed by atoms with Crippen LogP contribution >= 0.6 is 0 Å². The van der Waals surface area contributed by atoms with E-state index in [0.717, 1.165) is 24.8 Å². The zero-order chi connectivity index (χ0) is 21.4. The molecule has 0 bridgehead atoms. The lowest BCUT2D eigenvalue weighted by Crippen LogP contribution is -2.38. The minimum Gasteiger partial charge on any atom is -0.425 e. The maximum Gasteiger partial charge on any atom is 0.322 e. The highest BCUT2D eigenvalue weighted by Gasteiger charge is 2.41. The number of aryl methyl sites for hydroxylation is 1. The van der Waals surface area contributed by atoms with E-state index in [2.05, 4.69) is 61.5 Å². The number of ether oxygens (including phenoxy) is 1. The van der Waals surface area contributed by atoms with Crippen molar-refractivity contribution in [2.75, 3.05) is 0 Å². The Kier molecular flexibility index (Phi) is 5.03. The van der Waals surface area contributed by atoms with Crippen LogP contribution in [0.25, 0.3) is 16.7 Å². The molecule has 0 spiro atoms. The molecule has 3 heteroatoms. The third kappa shape index (κ3) is 3.72. The number of Topliss-reactive ketones (excluding diaryl/α,β-unsaturated/α-hetero) is 1. The van der Waals surface area contributed by atoms with Crippen molar-refractivity contribution >= 4 is 17.3 Å². The number of hydrogen-bond donors (Lipinski definition) is 0. The monoisotopic (exact) mass is 408 g/mol. The van der Waals surface area contributed by atoms with Crippen LogP contribution in [0.5, 0.6) is 5.75 Å². The Morgan fingerprint density at radius 1 is 0.806 bits per heavy atom. The fourth-order valence-corrected chi connectivity index (χ4v) is 4.65. The van der Waals surface area contributed by atoms with Gasteiger partial charge in [-0.25, -0.2) is 0 Å². The largest absolute Gasteiger partial charge is 0.425 e. The molecule has 31 heavy (non-hydrogen) atoms. The van der Waals surface area contributed by atoms with Gasteiger partial charge < -0.3 is 4.74 Å². The molecule has 0 amide bonds. The summed E-state index contributed by atoms with van der Waals surface area (Å²) in [6.45, 7) is 2.09. The molecule has 1 aliphatic heterocycles. The number of rotatable bonds is 3. The number of allylic oxidation sites excluding steroid dienone is 2. The zero-order valence-electron chi connectivity index (χ0n) is 17.5. The zero-order valence-corrected chi connectivity index (χ0v) is 17.5. The van der Waals surface area contributed by atoms with Gasteiger partial charge in [0.05, 0.1) is 5.56 Å². The number of esters is 1. The molecule has 2 aliphatic rings. The molecule has 1 heterocycles. The topological polar surface area (TPSA) is 43.4 Å². The molecule has 0 radical (unpaired) electrons. The second-order valence-electron chi connectivity index (χ2n) is 8.45. The maximum absolute atomic E-state index is 13.1. The van der Waals surface area contributed by atoms with Crippen LogP contribution in [0.4, 0.5) is 0 Å². The van der Waals surface area contributed by atoms with Crippen LogP contribution in [0.15, 0.2) is 78.9 Å². The first kappa shape index (κ1) is 19.5. The van der Waals surface area contributed by atoms with Crippen LogP contribution in [0, 0.1) is 18.8 Å². The second kappa shape index (κ2) is 7.99. The van der Waals surface area contributed by atoms with Crippen molar-refractivity contribution < 1.29 is 14.3 Å². The van der Waals surface area contributed by atoms with E-state index >= 15 is 0 Å². The lowest BCUT2D eigenvalue weighted by molar-refractivity contribution is -0.139. The van der Waals surface area contributed by atoms with Crippen LogP contribution in [-0.2, 0) is 4.79 Å². The molecule has 3 aromatic rings. The summed E-state index contributed by atoms with van der Waals surface area (Å²) in [5.74, 6) is -1.06. The third-order valence-corrected chi connectivity index (χ3v) is 6.37. The van der Waals surface area contributed by atoms with E-state index < -0.39 is 11.9 Å². The van der Waals surface area contributed by atoms with Gasteiger partial charge in [-0.05, 0) is 66.5 Å². The van der Waals surface area contributed by atoms with E-state index in [4.69, 9.17) is 4.74 Å². The van der Waals surface area contributed by atoms with Gasteiger partial charge in [-0.3, -0.25) is 9.59 Å². The lowest BCUT2D eigenvalue weighted by Gasteiger charge is -2.30. The minimum atomic E-state index is -0.753. The van der Waals surface area contributed by atoms with Gasteiger partial charge in [0.2, 0.25) is 0 Å². The number of carbonyl (C=O) groups is 2. The lowest BCUT2D eigenvalue weighted by atomic mass is 9.76. The van der Waals surface area contributed by atoms with E-state index in [0.29, 0.717) is 11.3 Å². The molecule has 0 saturated heterocycles. The van der Waals surface area contributed by atoms with Gasteiger partial charge >= 0.3 is 5.97 Å². The van der Waals surface area contributed by atoms with E-state index in [-0.39, 0.29) is 11.7 Å². The molecular formula is C28H24O3. The normalized spacial score (nSPS) is 20.6. The Morgan fingerprint density at radius 2 is 1.45 bits per heavy atom. The molecule has 0 saturated carbocycles. The summed E-state index contributed by atoms with van der Waals surface area (Å²) in [7, 11) is 0. The van der Waals surface area contributed by atoms with Crippen LogP contribution in [0.3, 0.4) is 0 Å². The molecule has 1 aliphatic carbocycles. The molecule has 3 aromatic carbocycles. The van der Waals surface area contributed by atoms with Gasteiger partial charge in [0.15, 0.2) is 5.78 Å². The Morgan fingerprint density at radius 3 is 2.19 bits per heavy atom. The van der Waals surface area contributed by atoms with Gasteiger partial charge in [0, 0.05) is 0 Å². The van der Waals surface area contributed by atoms with Gasteiger partial charge in [0.25, 0.3) is 0 Å². The van der Waals surface area contributed by atoms with Gasteiger partial charge in [-0.2, -0.15) is 0 Å². The van der Waals surface area contributed by atoms with Crippen molar-refractivity contribution in [3.05, 3.63) is 95.6 Å². The second-order valence-corrected chi connectivity index (χ2v) is 8.45. The van der Waals surface area contributed by atoms with Crippen molar-refractivity contribution in [1.82, 2.24) is 0 Å². The maximum atomic E-state index is 13.1. The molecule has 0 N–H and O–H groups in total. The van der Waals surface area contributed by atoms with Gasteiger partial charge in [0.1, 0.15) is 11.7 Å². The molecule has 0 fully saturated rings. The molecule has 0 aromatic heterocycles. The van der Waals surface area contributed by atoms with Crippen molar-refractivity contribution in [3.8, 4) is 16.9 Å². The highest BCUT2D eigenvalue weighted by atomic mass is 16.5. The van der Waals surface area contributed by atoms with Crippen LogP contribution in [-0.4, -0.2) is 11.8 Å². The molecule has 154 valence electrons. The Balaban J connectivity index is 1.41. The minimum absolute atomic E-state index is 0.121. The Hall–Kier alpha value is -3.46. The number of hydrogen-bond acceptors (Lipinski definition) is 3. The highest BCUT2D eigenvalue weighted by molar-refractivity contribution is 6.13. The van der Waals surface area contributed by atoms with E-state index in [9.17, 15) is 9.59 Å². The Bertz CT molecular complexity index is 1170. The first-order valence-corrected chi connectivity index (χ1v) is 10.8. The van der Waals surface area contributed by atoms with Crippen LogP contribution in [0.1, 0.15) is 40.7 Å². The van der Waals surface area contributed by atoms with Crippen molar-refractivity contribution in [2.24, 2.45) is 11.8 Å². The molecular weight excluding hydrogens is 384 g/mol. The summed E-state index contributed by atoms with van der Waals surface area (Å²) in [5.41, 5.74) is 6.48. The van der Waals surface area contributed by atoms with E-state index in [1.165, 1.54) is 22.3 Å². The van der Waals surface area contributed by atoms with Crippen molar-refractivity contribution in [2.45, 2.75) is 26.2 Å². The first-order valence-electron chi connectivity index (χ1n) is 10.8. The van der Waals surface area contributed by atoms with E-state index in [1.807, 2.05) is 6.07 Å². The summed E-state index contributed by atoms with van der Waals surface area (Å²) in [4.78, 5) is 25.7. The molecule has 5 rings (SSSR count). The van der Waals surface area contributed by atoms with Gasteiger partial charge in [-0.1, -0.05) is 72.3 Å². The van der Waals surface area contributed by atoms with Gasteiger partial charge in [-0.15, -0.1) is 0 Å². The van der Waals surface area contributed by atoms with Crippen LogP contribution < -0.4 is 4.74 Å². The average molecular weight is 408 g/mol. The average Bonchev–Trinajstić information content (AvgIpc) is 2.80. The SMILES string of the molecule is Cc1ccc(-c2ccc(C3=CC(C4C(=O)Oc5ccccc5C4=O)CCC3)cc2)cc1. The summed E-state index contributed by atoms with van der Waals surface area (Å²) in [6, 6.07) is 24.1. The molecule has 3 nitrogen and oxygen atoms in total.